The monoisotopic (exact) mass is 495 g/mol. The highest BCUT2D eigenvalue weighted by molar-refractivity contribution is 7.98. The van der Waals surface area contributed by atoms with Gasteiger partial charge in [-0.05, 0) is 89.7 Å². The third kappa shape index (κ3) is 9.44. The fourth-order valence-electron chi connectivity index (χ4n) is 3.44. The van der Waals surface area contributed by atoms with Crippen LogP contribution in [0.3, 0.4) is 0 Å². The van der Waals surface area contributed by atoms with Gasteiger partial charge in [0.05, 0.1) is 0 Å². The van der Waals surface area contributed by atoms with E-state index >= 15 is 0 Å². The average Bonchev–Trinajstić information content (AvgIpc) is 2.70. The second-order valence-electron chi connectivity index (χ2n) is 9.62. The summed E-state index contributed by atoms with van der Waals surface area (Å²) in [6.45, 7) is 13.0. The van der Waals surface area contributed by atoms with Gasteiger partial charge in [-0.3, -0.25) is 9.59 Å². The van der Waals surface area contributed by atoms with E-state index < -0.39 is 23.8 Å². The summed E-state index contributed by atoms with van der Waals surface area (Å²) < 4.78 is 5.38. The highest BCUT2D eigenvalue weighted by Gasteiger charge is 2.36. The number of carbonyl (C=O) groups is 3. The molecule has 0 fully saturated rings. The fourth-order valence-corrected chi connectivity index (χ4v) is 3.91. The van der Waals surface area contributed by atoms with Gasteiger partial charge < -0.3 is 25.4 Å². The zero-order chi connectivity index (χ0) is 26.1. The van der Waals surface area contributed by atoms with Crippen LogP contribution in [-0.4, -0.2) is 64.2 Å². The molecule has 192 valence electrons. The summed E-state index contributed by atoms with van der Waals surface area (Å²) in [6.07, 6.45) is 2.27. The number of nitrogens with one attached hydrogen (secondary N) is 2. The number of benzene rings is 1. The number of phenols is 1. The summed E-state index contributed by atoms with van der Waals surface area (Å²) >= 11 is 1.57. The van der Waals surface area contributed by atoms with Crippen LogP contribution in [0.2, 0.25) is 0 Å². The minimum Gasteiger partial charge on any atom is -0.508 e. The van der Waals surface area contributed by atoms with Crippen LogP contribution in [0.15, 0.2) is 18.2 Å². The maximum absolute atomic E-state index is 13.8. The minimum atomic E-state index is -0.911. The molecule has 2 atom stereocenters. The first-order chi connectivity index (χ1) is 15.8. The Kier molecular flexibility index (Phi) is 11.7. The molecule has 0 aromatic heterocycles. The van der Waals surface area contributed by atoms with Crippen molar-refractivity contribution in [3.63, 3.8) is 0 Å². The lowest BCUT2D eigenvalue weighted by molar-refractivity contribution is -0.142. The van der Waals surface area contributed by atoms with Gasteiger partial charge in [-0.2, -0.15) is 11.8 Å². The minimum absolute atomic E-state index is 0.115. The SMILES string of the molecule is CCCN(C(=O)C(CCSC)NC(=O)OC(C)(C)C)C(C(=O)NC(C)C)c1ccc(O)c(C)c1. The number of aromatic hydroxyl groups is 1. The van der Waals surface area contributed by atoms with Gasteiger partial charge in [0.2, 0.25) is 11.8 Å². The van der Waals surface area contributed by atoms with Gasteiger partial charge in [0.25, 0.3) is 0 Å². The molecule has 34 heavy (non-hydrogen) atoms. The van der Waals surface area contributed by atoms with Crippen molar-refractivity contribution < 1.29 is 24.2 Å². The van der Waals surface area contributed by atoms with Gasteiger partial charge in [-0.1, -0.05) is 13.0 Å². The van der Waals surface area contributed by atoms with Gasteiger partial charge in [-0.15, -0.1) is 0 Å². The van der Waals surface area contributed by atoms with E-state index in [1.807, 2.05) is 27.0 Å². The van der Waals surface area contributed by atoms with Crippen molar-refractivity contribution in [1.29, 1.82) is 0 Å². The highest BCUT2D eigenvalue weighted by atomic mass is 32.2. The number of aryl methyl sites for hydroxylation is 1. The number of hydrogen-bond acceptors (Lipinski definition) is 6. The molecule has 2 unspecified atom stereocenters. The summed E-state index contributed by atoms with van der Waals surface area (Å²) in [5, 5.41) is 15.6. The van der Waals surface area contributed by atoms with E-state index in [1.165, 1.54) is 11.0 Å². The van der Waals surface area contributed by atoms with Crippen molar-refractivity contribution in [3.05, 3.63) is 29.3 Å². The van der Waals surface area contributed by atoms with E-state index in [2.05, 4.69) is 10.6 Å². The third-order valence-electron chi connectivity index (χ3n) is 4.87. The van der Waals surface area contributed by atoms with E-state index in [9.17, 15) is 19.5 Å². The maximum atomic E-state index is 13.8. The predicted octanol–water partition coefficient (Wildman–Crippen LogP) is 4.15. The van der Waals surface area contributed by atoms with E-state index in [0.29, 0.717) is 36.3 Å². The predicted molar refractivity (Wildman–Crippen MR) is 137 cm³/mol. The van der Waals surface area contributed by atoms with Crippen molar-refractivity contribution in [1.82, 2.24) is 15.5 Å². The van der Waals surface area contributed by atoms with E-state index in [0.717, 1.165) is 0 Å². The highest BCUT2D eigenvalue weighted by Crippen LogP contribution is 2.28. The number of nitrogens with zero attached hydrogens (tertiary/aromatic N) is 1. The molecular weight excluding hydrogens is 454 g/mol. The lowest BCUT2D eigenvalue weighted by Crippen LogP contribution is -2.53. The number of rotatable bonds is 11. The van der Waals surface area contributed by atoms with Crippen LogP contribution in [0.1, 0.15) is 71.6 Å². The van der Waals surface area contributed by atoms with Gasteiger partial charge in [0, 0.05) is 12.6 Å². The smallest absolute Gasteiger partial charge is 0.408 e. The Morgan fingerprint density at radius 3 is 2.32 bits per heavy atom. The second-order valence-corrected chi connectivity index (χ2v) is 10.6. The molecule has 0 aliphatic heterocycles. The van der Waals surface area contributed by atoms with Crippen LogP contribution in [-0.2, 0) is 14.3 Å². The summed E-state index contributed by atoms with van der Waals surface area (Å²) in [5.74, 6) is 0.0941. The average molecular weight is 496 g/mol. The zero-order valence-corrected chi connectivity index (χ0v) is 22.5. The Bertz CT molecular complexity index is 838. The Morgan fingerprint density at radius 1 is 1.18 bits per heavy atom. The van der Waals surface area contributed by atoms with E-state index in [-0.39, 0.29) is 23.6 Å². The number of alkyl carbamates (subject to hydrolysis) is 1. The Hall–Kier alpha value is -2.42. The molecule has 1 aromatic carbocycles. The molecule has 0 bridgehead atoms. The molecule has 0 aliphatic rings. The van der Waals surface area contributed by atoms with Crippen molar-refractivity contribution in [2.75, 3.05) is 18.6 Å². The van der Waals surface area contributed by atoms with Gasteiger partial charge in [0.15, 0.2) is 0 Å². The molecule has 0 heterocycles. The van der Waals surface area contributed by atoms with Crippen molar-refractivity contribution in [2.24, 2.45) is 0 Å². The maximum Gasteiger partial charge on any atom is 0.408 e. The normalized spacial score (nSPS) is 13.2. The number of ether oxygens (including phenoxy) is 1. The lowest BCUT2D eigenvalue weighted by Gasteiger charge is -2.35. The van der Waals surface area contributed by atoms with Crippen LogP contribution in [0.4, 0.5) is 4.79 Å². The molecule has 0 spiro atoms. The van der Waals surface area contributed by atoms with Crippen molar-refractivity contribution >= 4 is 29.7 Å². The molecule has 3 amide bonds. The first-order valence-electron chi connectivity index (χ1n) is 11.7. The van der Waals surface area contributed by atoms with Crippen LogP contribution >= 0.6 is 11.8 Å². The molecule has 0 aliphatic carbocycles. The molecule has 9 heteroatoms. The largest absolute Gasteiger partial charge is 0.508 e. The Labute approximate surface area is 208 Å². The Morgan fingerprint density at radius 2 is 1.82 bits per heavy atom. The first-order valence-corrected chi connectivity index (χ1v) is 13.1. The van der Waals surface area contributed by atoms with Crippen molar-refractivity contribution in [3.8, 4) is 5.75 Å². The molecule has 1 rings (SSSR count). The van der Waals surface area contributed by atoms with Crippen LogP contribution in [0.25, 0.3) is 0 Å². The topological polar surface area (TPSA) is 108 Å². The van der Waals surface area contributed by atoms with E-state index in [4.69, 9.17) is 4.74 Å². The zero-order valence-electron chi connectivity index (χ0n) is 21.7. The molecule has 0 saturated heterocycles. The van der Waals surface area contributed by atoms with Gasteiger partial charge in [0.1, 0.15) is 23.4 Å². The molecule has 0 radical (unpaired) electrons. The number of amides is 3. The summed E-state index contributed by atoms with van der Waals surface area (Å²) in [7, 11) is 0. The van der Waals surface area contributed by atoms with Gasteiger partial charge in [-0.25, -0.2) is 4.79 Å². The van der Waals surface area contributed by atoms with Crippen LogP contribution in [0, 0.1) is 6.92 Å². The Balaban J connectivity index is 3.42. The quantitative estimate of drug-likeness (QED) is 0.426. The van der Waals surface area contributed by atoms with Crippen LogP contribution < -0.4 is 10.6 Å². The van der Waals surface area contributed by atoms with E-state index in [1.54, 1.807) is 51.6 Å². The fraction of sp³-hybridized carbons (Fsp3) is 0.640. The molecular formula is C25H41N3O5S. The summed E-state index contributed by atoms with van der Waals surface area (Å²) in [6, 6.07) is 3.01. The standard InChI is InChI=1S/C25H41N3O5S/c1-9-13-28(23(31)19(12-14-34-8)27-24(32)33-25(5,6)7)21(22(30)26-16(2)3)18-10-11-20(29)17(4)15-18/h10-11,15-16,19,21,29H,9,12-14H2,1-8H3,(H,26,30)(H,27,32). The van der Waals surface area contributed by atoms with Crippen molar-refractivity contribution in [2.45, 2.75) is 85.0 Å². The number of phenolic OH excluding ortho intramolecular Hbond substituents is 1. The first kappa shape index (κ1) is 29.6. The lowest BCUT2D eigenvalue weighted by atomic mass is 9.99. The summed E-state index contributed by atoms with van der Waals surface area (Å²) in [5.41, 5.74) is 0.495. The second kappa shape index (κ2) is 13.5. The molecule has 8 nitrogen and oxygen atoms in total. The number of hydrogen-bond donors (Lipinski definition) is 3. The van der Waals surface area contributed by atoms with Crippen LogP contribution in [0.5, 0.6) is 5.75 Å². The number of thioether (sulfide) groups is 1. The third-order valence-corrected chi connectivity index (χ3v) is 5.52. The van der Waals surface area contributed by atoms with Gasteiger partial charge >= 0.3 is 6.09 Å². The molecule has 0 saturated carbocycles. The summed E-state index contributed by atoms with van der Waals surface area (Å²) in [4.78, 5) is 41.2. The molecule has 1 aromatic rings. The number of carbonyl (C=O) groups excluding carboxylic acids is 3. The molecule has 3 N–H and O–H groups in total.